The molecular weight excluding hydrogens is 290 g/mol. The van der Waals surface area contributed by atoms with Crippen LogP contribution in [0.3, 0.4) is 0 Å². The van der Waals surface area contributed by atoms with Crippen LogP contribution in [0.1, 0.15) is 32.0 Å². The fourth-order valence-corrected chi connectivity index (χ4v) is 2.00. The molecule has 2 rings (SSSR count). The average Bonchev–Trinajstić information content (AvgIpc) is 2.98. The van der Waals surface area contributed by atoms with Crippen LogP contribution < -0.4 is 5.32 Å². The maximum Gasteiger partial charge on any atom is 0.229 e. The number of anilines is 1. The second kappa shape index (κ2) is 8.03. The summed E-state index contributed by atoms with van der Waals surface area (Å²) >= 11 is 0. The molecule has 1 amide bonds. The van der Waals surface area contributed by atoms with Gasteiger partial charge in [0.2, 0.25) is 5.91 Å². The highest BCUT2D eigenvalue weighted by Crippen LogP contribution is 2.11. The molecule has 0 atom stereocenters. The number of allylic oxidation sites excluding steroid dienone is 2. The smallest absolute Gasteiger partial charge is 0.229 e. The monoisotopic (exact) mass is 311 g/mol. The summed E-state index contributed by atoms with van der Waals surface area (Å²) in [6.07, 6.45) is 9.32. The summed E-state index contributed by atoms with van der Waals surface area (Å²) in [5, 5.41) is 6.99. The molecule has 0 saturated heterocycles. The van der Waals surface area contributed by atoms with Crippen molar-refractivity contribution in [3.05, 3.63) is 54.8 Å². The fraction of sp³-hybridized carbons (Fsp3) is 0.294. The van der Waals surface area contributed by atoms with Crippen LogP contribution in [0.15, 0.2) is 49.0 Å². The van der Waals surface area contributed by atoms with Crippen LogP contribution in [0.2, 0.25) is 0 Å². The Balaban J connectivity index is 1.97. The second-order valence-corrected chi connectivity index (χ2v) is 5.13. The van der Waals surface area contributed by atoms with Crippen LogP contribution in [-0.2, 0) is 4.79 Å². The van der Waals surface area contributed by atoms with Gasteiger partial charge in [0.25, 0.3) is 0 Å². The lowest BCUT2D eigenvalue weighted by molar-refractivity contribution is -0.115. The molecule has 0 aromatic carbocycles. The highest BCUT2D eigenvalue weighted by molar-refractivity contribution is 5.91. The predicted octanol–water partition coefficient (Wildman–Crippen LogP) is 3.21. The van der Waals surface area contributed by atoms with E-state index in [4.69, 9.17) is 0 Å². The van der Waals surface area contributed by atoms with Crippen LogP contribution in [0.4, 0.5) is 5.82 Å². The first kappa shape index (κ1) is 16.6. The molecule has 1 N–H and O–H groups in total. The Morgan fingerprint density at radius 2 is 2.22 bits per heavy atom. The molecule has 0 bridgehead atoms. The molecule has 6 heteroatoms. The number of hydrogen-bond donors (Lipinski definition) is 1. The highest BCUT2D eigenvalue weighted by Gasteiger charge is 2.06. The van der Waals surface area contributed by atoms with Crippen LogP contribution in [0.25, 0.3) is 5.69 Å². The molecule has 2 aromatic rings. The van der Waals surface area contributed by atoms with Gasteiger partial charge in [-0.3, -0.25) is 4.79 Å². The molecule has 0 unspecified atom stereocenters. The van der Waals surface area contributed by atoms with Crippen molar-refractivity contribution in [2.24, 2.45) is 0 Å². The van der Waals surface area contributed by atoms with Gasteiger partial charge in [0.05, 0.1) is 18.3 Å². The summed E-state index contributed by atoms with van der Waals surface area (Å²) in [6.45, 7) is 7.66. The lowest BCUT2D eigenvalue weighted by atomic mass is 10.1. The van der Waals surface area contributed by atoms with Crippen molar-refractivity contribution in [2.75, 3.05) is 5.32 Å². The fourth-order valence-electron chi connectivity index (χ4n) is 2.00. The predicted molar refractivity (Wildman–Crippen MR) is 90.3 cm³/mol. The zero-order valence-electron chi connectivity index (χ0n) is 13.5. The van der Waals surface area contributed by atoms with Crippen molar-refractivity contribution in [2.45, 2.75) is 33.1 Å². The number of aryl methyl sites for hydroxylation is 1. The van der Waals surface area contributed by atoms with E-state index in [1.165, 1.54) is 0 Å². The van der Waals surface area contributed by atoms with Gasteiger partial charge in [-0.05, 0) is 31.1 Å². The van der Waals surface area contributed by atoms with Gasteiger partial charge in [-0.2, -0.15) is 5.10 Å². The van der Waals surface area contributed by atoms with E-state index in [-0.39, 0.29) is 5.91 Å². The maximum absolute atomic E-state index is 12.0. The van der Waals surface area contributed by atoms with E-state index in [2.05, 4.69) is 33.9 Å². The van der Waals surface area contributed by atoms with Crippen molar-refractivity contribution in [3.8, 4) is 5.69 Å². The molecule has 0 aliphatic heterocycles. The standard InChI is InChI=1S/C17H21N5O/c1-4-6-7-14(5-2)10-17(23)20-16-9-8-15(11-18-16)22-12-19-13(3)21-22/h5,7-9,11-12H,2,4,6,10H2,1,3H3,(H,18,20,23)/b14-7+. The normalized spacial score (nSPS) is 11.3. The number of nitrogens with one attached hydrogen (secondary N) is 1. The third-order valence-electron chi connectivity index (χ3n) is 3.21. The van der Waals surface area contributed by atoms with Gasteiger partial charge in [-0.25, -0.2) is 14.6 Å². The van der Waals surface area contributed by atoms with Crippen LogP contribution in [-0.4, -0.2) is 25.7 Å². The van der Waals surface area contributed by atoms with Gasteiger partial charge in [0, 0.05) is 0 Å². The first-order valence-corrected chi connectivity index (χ1v) is 7.58. The molecule has 120 valence electrons. The largest absolute Gasteiger partial charge is 0.310 e. The lowest BCUT2D eigenvalue weighted by Crippen LogP contribution is -2.13. The first-order chi connectivity index (χ1) is 11.1. The summed E-state index contributed by atoms with van der Waals surface area (Å²) in [5.41, 5.74) is 1.72. The van der Waals surface area contributed by atoms with E-state index >= 15 is 0 Å². The Bertz CT molecular complexity index is 700. The molecule has 0 saturated carbocycles. The summed E-state index contributed by atoms with van der Waals surface area (Å²) in [7, 11) is 0. The molecule has 0 aliphatic carbocycles. The number of hydrogen-bond acceptors (Lipinski definition) is 4. The lowest BCUT2D eigenvalue weighted by Gasteiger charge is -2.06. The Morgan fingerprint density at radius 3 is 2.78 bits per heavy atom. The molecule has 0 spiro atoms. The third-order valence-corrected chi connectivity index (χ3v) is 3.21. The second-order valence-electron chi connectivity index (χ2n) is 5.13. The van der Waals surface area contributed by atoms with Gasteiger partial charge in [0.15, 0.2) is 0 Å². The van der Waals surface area contributed by atoms with E-state index in [9.17, 15) is 4.79 Å². The quantitative estimate of drug-likeness (QED) is 0.797. The Hall–Kier alpha value is -2.76. The maximum atomic E-state index is 12.0. The number of aromatic nitrogens is 4. The van der Waals surface area contributed by atoms with Crippen molar-refractivity contribution in [3.63, 3.8) is 0 Å². The summed E-state index contributed by atoms with van der Waals surface area (Å²) < 4.78 is 1.64. The van der Waals surface area contributed by atoms with Gasteiger partial charge >= 0.3 is 0 Å². The molecule has 0 fully saturated rings. The van der Waals surface area contributed by atoms with Gasteiger partial charge in [0.1, 0.15) is 18.0 Å². The Morgan fingerprint density at radius 1 is 1.39 bits per heavy atom. The van der Waals surface area contributed by atoms with Crippen LogP contribution in [0, 0.1) is 6.92 Å². The summed E-state index contributed by atoms with van der Waals surface area (Å²) in [5.74, 6) is 1.09. The summed E-state index contributed by atoms with van der Waals surface area (Å²) in [4.78, 5) is 20.3. The van der Waals surface area contributed by atoms with Crippen LogP contribution >= 0.6 is 0 Å². The molecule has 6 nitrogen and oxygen atoms in total. The minimum absolute atomic E-state index is 0.107. The van der Waals surface area contributed by atoms with Crippen molar-refractivity contribution in [1.82, 2.24) is 19.7 Å². The topological polar surface area (TPSA) is 72.7 Å². The minimum Gasteiger partial charge on any atom is -0.310 e. The Kier molecular flexibility index (Phi) is 5.80. The average molecular weight is 311 g/mol. The van der Waals surface area contributed by atoms with Gasteiger partial charge in [-0.1, -0.05) is 32.1 Å². The van der Waals surface area contributed by atoms with E-state index in [1.54, 1.807) is 29.3 Å². The van der Waals surface area contributed by atoms with E-state index in [1.807, 2.05) is 19.1 Å². The van der Waals surface area contributed by atoms with Crippen LogP contribution in [0.5, 0.6) is 0 Å². The third kappa shape index (κ3) is 4.88. The Labute approximate surface area is 136 Å². The van der Waals surface area contributed by atoms with E-state index in [0.717, 1.165) is 24.1 Å². The number of nitrogens with zero attached hydrogens (tertiary/aromatic N) is 4. The molecule has 23 heavy (non-hydrogen) atoms. The summed E-state index contributed by atoms with van der Waals surface area (Å²) in [6, 6.07) is 3.58. The SMILES string of the molecule is C=C/C(=C\CCC)CC(=O)Nc1ccc(-n2cnc(C)n2)cn1. The van der Waals surface area contributed by atoms with E-state index in [0.29, 0.717) is 18.1 Å². The van der Waals surface area contributed by atoms with Gasteiger partial charge < -0.3 is 5.32 Å². The number of carbonyl (C=O) groups excluding carboxylic acids is 1. The minimum atomic E-state index is -0.107. The number of rotatable bonds is 7. The van der Waals surface area contributed by atoms with Crippen molar-refractivity contribution in [1.29, 1.82) is 0 Å². The number of carbonyl (C=O) groups is 1. The van der Waals surface area contributed by atoms with Crippen molar-refractivity contribution < 1.29 is 4.79 Å². The molecule has 0 radical (unpaired) electrons. The molecule has 0 aliphatic rings. The van der Waals surface area contributed by atoms with Crippen molar-refractivity contribution >= 4 is 11.7 Å². The molecule has 2 heterocycles. The zero-order chi connectivity index (χ0) is 16.7. The first-order valence-electron chi connectivity index (χ1n) is 7.58. The number of pyridine rings is 1. The number of amides is 1. The van der Waals surface area contributed by atoms with E-state index < -0.39 is 0 Å². The highest BCUT2D eigenvalue weighted by atomic mass is 16.1. The molecule has 2 aromatic heterocycles. The van der Waals surface area contributed by atoms with Gasteiger partial charge in [-0.15, -0.1) is 0 Å². The zero-order valence-corrected chi connectivity index (χ0v) is 13.5. The molecular formula is C17H21N5O. The number of unbranched alkanes of at least 4 members (excludes halogenated alkanes) is 1.